The van der Waals surface area contributed by atoms with Crippen molar-refractivity contribution in [3.63, 3.8) is 0 Å². The lowest BCUT2D eigenvalue weighted by Crippen LogP contribution is -2.10. The highest BCUT2D eigenvalue weighted by atomic mass is 17.2. The van der Waals surface area contributed by atoms with Crippen molar-refractivity contribution in [2.24, 2.45) is 0 Å². The van der Waals surface area contributed by atoms with Crippen molar-refractivity contribution in [2.75, 3.05) is 19.8 Å². The molecule has 0 atom stereocenters. The number of aryl methyl sites for hydroxylation is 1. The zero-order valence-corrected chi connectivity index (χ0v) is 9.56. The van der Waals surface area contributed by atoms with E-state index >= 15 is 0 Å². The molecule has 0 aliphatic carbocycles. The first-order valence-electron chi connectivity index (χ1n) is 5.22. The molecule has 0 aromatic heterocycles. The Balaban J connectivity index is 2.27. The lowest BCUT2D eigenvalue weighted by Gasteiger charge is -2.03. The normalized spacial score (nSPS) is 10.1. The van der Waals surface area contributed by atoms with Gasteiger partial charge in [0.2, 0.25) is 0 Å². The van der Waals surface area contributed by atoms with Gasteiger partial charge in [-0.15, -0.1) is 0 Å². The molecule has 0 saturated heterocycles. The highest BCUT2D eigenvalue weighted by Gasteiger charge is 2.07. The molecule has 0 spiro atoms. The molecule has 0 aliphatic rings. The average Bonchev–Trinajstić information content (AvgIpc) is 2.29. The zero-order chi connectivity index (χ0) is 11.8. The van der Waals surface area contributed by atoms with Crippen molar-refractivity contribution in [1.82, 2.24) is 0 Å². The average molecular weight is 224 g/mol. The molecule has 0 N–H and O–H groups in total. The van der Waals surface area contributed by atoms with Crippen LogP contribution < -0.4 is 0 Å². The summed E-state index contributed by atoms with van der Waals surface area (Å²) in [5, 5.41) is 0. The third kappa shape index (κ3) is 4.42. The Kier molecular flexibility index (Phi) is 5.53. The van der Waals surface area contributed by atoms with E-state index in [1.165, 1.54) is 0 Å². The molecular weight excluding hydrogens is 208 g/mol. The number of hydrogen-bond donors (Lipinski definition) is 0. The first kappa shape index (κ1) is 12.7. The first-order chi connectivity index (χ1) is 7.74. The Hall–Kier alpha value is -1.39. The van der Waals surface area contributed by atoms with Gasteiger partial charge in [-0.3, -0.25) is 4.89 Å². The largest absolute Gasteiger partial charge is 0.379 e. The van der Waals surface area contributed by atoms with Crippen molar-refractivity contribution in [1.29, 1.82) is 0 Å². The third-order valence-electron chi connectivity index (χ3n) is 1.94. The number of benzene rings is 1. The summed E-state index contributed by atoms with van der Waals surface area (Å²) < 4.78 is 5.02. The highest BCUT2D eigenvalue weighted by molar-refractivity contribution is 5.88. The fraction of sp³-hybridized carbons (Fsp3) is 0.417. The first-order valence-corrected chi connectivity index (χ1v) is 5.22. The zero-order valence-electron chi connectivity index (χ0n) is 9.56. The predicted molar refractivity (Wildman–Crippen MR) is 59.0 cm³/mol. The van der Waals surface area contributed by atoms with Gasteiger partial charge in [0, 0.05) is 6.61 Å². The van der Waals surface area contributed by atoms with Gasteiger partial charge >= 0.3 is 5.97 Å². The molecular formula is C12H16O4. The smallest absolute Gasteiger partial charge is 0.373 e. The summed E-state index contributed by atoms with van der Waals surface area (Å²) >= 11 is 0. The molecule has 4 heteroatoms. The van der Waals surface area contributed by atoms with Crippen molar-refractivity contribution in [3.8, 4) is 0 Å². The maximum Gasteiger partial charge on any atom is 0.373 e. The number of rotatable bonds is 6. The number of carbonyl (C=O) groups excluding carboxylic acids is 1. The fourth-order valence-electron chi connectivity index (χ4n) is 1.07. The van der Waals surface area contributed by atoms with E-state index in [-0.39, 0.29) is 6.61 Å². The molecule has 1 aromatic rings. The van der Waals surface area contributed by atoms with E-state index in [1.54, 1.807) is 12.1 Å². The minimum Gasteiger partial charge on any atom is -0.379 e. The van der Waals surface area contributed by atoms with E-state index in [0.29, 0.717) is 18.8 Å². The Labute approximate surface area is 95.1 Å². The van der Waals surface area contributed by atoms with Crippen LogP contribution >= 0.6 is 0 Å². The second-order valence-electron chi connectivity index (χ2n) is 3.26. The Morgan fingerprint density at radius 3 is 2.50 bits per heavy atom. The van der Waals surface area contributed by atoms with E-state index in [4.69, 9.17) is 9.62 Å². The Morgan fingerprint density at radius 1 is 1.19 bits per heavy atom. The predicted octanol–water partition coefficient (Wildman–Crippen LogP) is 2.12. The maximum absolute atomic E-state index is 11.4. The second-order valence-corrected chi connectivity index (χ2v) is 3.26. The molecule has 4 nitrogen and oxygen atoms in total. The minimum atomic E-state index is -0.489. The van der Waals surface area contributed by atoms with Crippen LogP contribution in [0.25, 0.3) is 0 Å². The third-order valence-corrected chi connectivity index (χ3v) is 1.94. The summed E-state index contributed by atoms with van der Waals surface area (Å²) in [5.74, 6) is -0.489. The van der Waals surface area contributed by atoms with Gasteiger partial charge in [0.1, 0.15) is 6.61 Å². The summed E-state index contributed by atoms with van der Waals surface area (Å²) in [4.78, 5) is 20.7. The van der Waals surface area contributed by atoms with Crippen LogP contribution in [0.15, 0.2) is 24.3 Å². The summed E-state index contributed by atoms with van der Waals surface area (Å²) in [6.07, 6.45) is 0. The van der Waals surface area contributed by atoms with Crippen LogP contribution in [-0.4, -0.2) is 25.8 Å². The molecule has 0 bridgehead atoms. The molecule has 1 rings (SSSR count). The van der Waals surface area contributed by atoms with Gasteiger partial charge in [0.15, 0.2) is 0 Å². The van der Waals surface area contributed by atoms with Crippen LogP contribution in [0, 0.1) is 6.92 Å². The number of ether oxygens (including phenoxy) is 1. The monoisotopic (exact) mass is 224 g/mol. The highest BCUT2D eigenvalue weighted by Crippen LogP contribution is 2.04. The molecule has 16 heavy (non-hydrogen) atoms. The van der Waals surface area contributed by atoms with Gasteiger partial charge in [0.05, 0.1) is 12.2 Å². The quantitative estimate of drug-likeness (QED) is 0.422. The minimum absolute atomic E-state index is 0.242. The van der Waals surface area contributed by atoms with E-state index < -0.39 is 5.97 Å². The second kappa shape index (κ2) is 6.98. The van der Waals surface area contributed by atoms with Gasteiger partial charge in [-0.05, 0) is 26.0 Å². The van der Waals surface area contributed by atoms with E-state index in [1.807, 2.05) is 26.0 Å². The van der Waals surface area contributed by atoms with Gasteiger partial charge < -0.3 is 4.74 Å². The lowest BCUT2D eigenvalue weighted by atomic mass is 10.2. The van der Waals surface area contributed by atoms with Crippen LogP contribution in [0.4, 0.5) is 0 Å². The fourth-order valence-corrected chi connectivity index (χ4v) is 1.07. The molecule has 0 heterocycles. The van der Waals surface area contributed by atoms with Crippen molar-refractivity contribution in [2.45, 2.75) is 13.8 Å². The molecule has 0 aliphatic heterocycles. The van der Waals surface area contributed by atoms with Crippen LogP contribution in [0.5, 0.6) is 0 Å². The van der Waals surface area contributed by atoms with Crippen molar-refractivity contribution < 1.29 is 19.3 Å². The topological polar surface area (TPSA) is 44.8 Å². The van der Waals surface area contributed by atoms with Crippen LogP contribution in [0.2, 0.25) is 0 Å². The molecule has 0 radical (unpaired) electrons. The molecule has 88 valence electrons. The lowest BCUT2D eigenvalue weighted by molar-refractivity contribution is -0.247. The van der Waals surface area contributed by atoms with E-state index in [0.717, 1.165) is 5.56 Å². The summed E-state index contributed by atoms with van der Waals surface area (Å²) in [6, 6.07) is 7.08. The van der Waals surface area contributed by atoms with Crippen molar-refractivity contribution in [3.05, 3.63) is 35.4 Å². The molecule has 1 aromatic carbocycles. The molecule has 0 amide bonds. The Morgan fingerprint density at radius 2 is 1.88 bits per heavy atom. The summed E-state index contributed by atoms with van der Waals surface area (Å²) in [7, 11) is 0. The van der Waals surface area contributed by atoms with E-state index in [9.17, 15) is 4.79 Å². The molecule has 0 saturated carbocycles. The van der Waals surface area contributed by atoms with Gasteiger partial charge in [0.25, 0.3) is 0 Å². The van der Waals surface area contributed by atoms with Gasteiger partial charge in [-0.2, -0.15) is 4.89 Å². The summed E-state index contributed by atoms with van der Waals surface area (Å²) in [6.45, 7) is 5.12. The maximum atomic E-state index is 11.4. The van der Waals surface area contributed by atoms with Crippen molar-refractivity contribution >= 4 is 5.97 Å². The van der Waals surface area contributed by atoms with Crippen LogP contribution in [0.3, 0.4) is 0 Å². The van der Waals surface area contributed by atoms with Gasteiger partial charge in [-0.25, -0.2) is 4.79 Å². The molecule has 0 unspecified atom stereocenters. The summed E-state index contributed by atoms with van der Waals surface area (Å²) in [5.41, 5.74) is 1.57. The standard InChI is InChI=1S/C12H16O4/c1-3-14-8-9-15-16-12(13)11-6-4-10(2)5-7-11/h4-7H,3,8-9H2,1-2H3. The van der Waals surface area contributed by atoms with Crippen LogP contribution in [-0.2, 0) is 14.5 Å². The Bertz CT molecular complexity index is 318. The van der Waals surface area contributed by atoms with E-state index in [2.05, 4.69) is 4.89 Å². The molecule has 0 fully saturated rings. The SMILES string of the molecule is CCOCCOOC(=O)c1ccc(C)cc1. The number of hydrogen-bond acceptors (Lipinski definition) is 4. The van der Waals surface area contributed by atoms with Crippen LogP contribution in [0.1, 0.15) is 22.8 Å². The van der Waals surface area contributed by atoms with Gasteiger partial charge in [-0.1, -0.05) is 17.7 Å². The number of carbonyl (C=O) groups is 1.